The number of amides is 1. The van der Waals surface area contributed by atoms with E-state index in [-0.39, 0.29) is 48.0 Å². The molecule has 41 heavy (non-hydrogen) atoms. The quantitative estimate of drug-likeness (QED) is 0.307. The fourth-order valence-corrected chi connectivity index (χ4v) is 7.19. The average Bonchev–Trinajstić information content (AvgIpc) is 3.30. The van der Waals surface area contributed by atoms with Crippen LogP contribution in [0.1, 0.15) is 91.7 Å². The van der Waals surface area contributed by atoms with Crippen LogP contribution in [0, 0.1) is 28.5 Å². The molecule has 1 N–H and O–H groups in total. The lowest BCUT2D eigenvalue weighted by molar-refractivity contribution is -0.152. The topological polar surface area (TPSA) is 105 Å². The SMILES string of the molecule is CC1(C)[C@@H]2C[C@@H](N(CC(=O)c3c(F)cncc3Cl)C(=O)c3cnn([C@H]4CC[C@](C)(C(=O)O)CC4)c3C(F)(F)F)C[C@@H]21. The van der Waals surface area contributed by atoms with Crippen molar-refractivity contribution < 1.29 is 37.1 Å². The summed E-state index contributed by atoms with van der Waals surface area (Å²) in [6.07, 6.45) is -0.566. The first kappa shape index (κ1) is 29.5. The van der Waals surface area contributed by atoms with E-state index >= 15 is 0 Å². The smallest absolute Gasteiger partial charge is 0.433 e. The van der Waals surface area contributed by atoms with Gasteiger partial charge in [0.25, 0.3) is 5.91 Å². The molecule has 2 aromatic heterocycles. The molecule has 0 bridgehead atoms. The van der Waals surface area contributed by atoms with Crippen LogP contribution in [-0.2, 0) is 11.0 Å². The van der Waals surface area contributed by atoms with E-state index in [4.69, 9.17) is 11.6 Å². The fourth-order valence-electron chi connectivity index (χ4n) is 6.94. The lowest BCUT2D eigenvalue weighted by Crippen LogP contribution is -2.44. The molecule has 0 saturated heterocycles. The van der Waals surface area contributed by atoms with Crippen molar-refractivity contribution in [1.29, 1.82) is 0 Å². The van der Waals surface area contributed by atoms with Gasteiger partial charge in [0.15, 0.2) is 17.3 Å². The number of fused-ring (bicyclic) bond motifs is 1. The number of pyridine rings is 1. The minimum atomic E-state index is -4.95. The number of carbonyl (C=O) groups is 3. The Morgan fingerprint density at radius 2 is 1.71 bits per heavy atom. The summed E-state index contributed by atoms with van der Waals surface area (Å²) < 4.78 is 58.8. The summed E-state index contributed by atoms with van der Waals surface area (Å²) in [6, 6.07) is -1.27. The number of carbonyl (C=O) groups excluding carboxylic acids is 2. The van der Waals surface area contributed by atoms with E-state index < -0.39 is 70.5 Å². The van der Waals surface area contributed by atoms with Crippen LogP contribution in [0.25, 0.3) is 0 Å². The predicted octanol–water partition coefficient (Wildman–Crippen LogP) is 6.06. The molecule has 3 fully saturated rings. The first-order chi connectivity index (χ1) is 19.1. The highest BCUT2D eigenvalue weighted by atomic mass is 35.5. The van der Waals surface area contributed by atoms with Gasteiger partial charge >= 0.3 is 12.1 Å². The average molecular weight is 599 g/mol. The van der Waals surface area contributed by atoms with E-state index in [9.17, 15) is 37.1 Å². The number of alkyl halides is 3. The van der Waals surface area contributed by atoms with Gasteiger partial charge in [-0.25, -0.2) is 4.39 Å². The van der Waals surface area contributed by atoms with E-state index in [2.05, 4.69) is 23.9 Å². The molecular weight excluding hydrogens is 568 g/mol. The number of hydrogen-bond acceptors (Lipinski definition) is 5. The van der Waals surface area contributed by atoms with Gasteiger partial charge in [-0.2, -0.15) is 18.3 Å². The Labute approximate surface area is 239 Å². The van der Waals surface area contributed by atoms with Crippen molar-refractivity contribution in [1.82, 2.24) is 19.7 Å². The number of carboxylic acids is 1. The van der Waals surface area contributed by atoms with Gasteiger partial charge in [-0.05, 0) is 62.7 Å². The van der Waals surface area contributed by atoms with Gasteiger partial charge in [0.05, 0.1) is 46.5 Å². The predicted molar refractivity (Wildman–Crippen MR) is 139 cm³/mol. The number of nitrogens with zero attached hydrogens (tertiary/aromatic N) is 4. The highest BCUT2D eigenvalue weighted by Gasteiger charge is 2.63. The maximum atomic E-state index is 14.5. The zero-order chi connectivity index (χ0) is 30.1. The Morgan fingerprint density at radius 3 is 2.24 bits per heavy atom. The van der Waals surface area contributed by atoms with E-state index in [0.717, 1.165) is 28.2 Å². The second kappa shape index (κ2) is 10.1. The van der Waals surface area contributed by atoms with Gasteiger partial charge in [0.1, 0.15) is 0 Å². The van der Waals surface area contributed by atoms with Gasteiger partial charge < -0.3 is 10.0 Å². The summed E-state index contributed by atoms with van der Waals surface area (Å²) in [4.78, 5) is 43.5. The van der Waals surface area contributed by atoms with Gasteiger partial charge in [-0.1, -0.05) is 25.4 Å². The number of rotatable bonds is 7. The summed E-state index contributed by atoms with van der Waals surface area (Å²) in [7, 11) is 0. The third-order valence-electron chi connectivity index (χ3n) is 9.70. The molecule has 1 amide bonds. The lowest BCUT2D eigenvalue weighted by Gasteiger charge is -2.35. The van der Waals surface area contributed by atoms with Crippen LogP contribution >= 0.6 is 11.6 Å². The Kier molecular flexibility index (Phi) is 7.23. The van der Waals surface area contributed by atoms with E-state index in [0.29, 0.717) is 12.8 Å². The second-order valence-electron chi connectivity index (χ2n) is 12.4. The molecule has 13 heteroatoms. The summed E-state index contributed by atoms with van der Waals surface area (Å²) in [5, 5.41) is 13.2. The number of aliphatic carboxylic acids is 1. The highest BCUT2D eigenvalue weighted by molar-refractivity contribution is 6.34. The molecule has 3 aliphatic rings. The summed E-state index contributed by atoms with van der Waals surface area (Å²) >= 11 is 6.02. The third-order valence-corrected chi connectivity index (χ3v) is 9.99. The molecule has 8 nitrogen and oxygen atoms in total. The minimum absolute atomic E-state index is 0.0448. The van der Waals surface area contributed by atoms with Crippen LogP contribution < -0.4 is 0 Å². The van der Waals surface area contributed by atoms with Crippen LogP contribution in [-0.4, -0.2) is 55.0 Å². The Hall–Kier alpha value is -3.02. The van der Waals surface area contributed by atoms with Crippen molar-refractivity contribution in [3.63, 3.8) is 0 Å². The fraction of sp³-hybridized carbons (Fsp3) is 0.607. The van der Waals surface area contributed by atoms with Gasteiger partial charge in [0, 0.05) is 12.2 Å². The van der Waals surface area contributed by atoms with E-state index in [1.807, 2.05) is 0 Å². The standard InChI is InChI=1S/C28H31ClF4N4O4/c1-26(2)17-8-15(9-18(17)26)36(13-21(38)22-19(29)11-34-12-20(22)30)24(39)16-10-35-37(23(16)28(31,32)33)14-4-6-27(3,7-5-14)25(40)41/h10-12,14-15,17-18H,4-9,13H2,1-3H3,(H,40,41)/t14-,15-,17-,18+,27-. The van der Waals surface area contributed by atoms with Crippen LogP contribution in [0.5, 0.6) is 0 Å². The molecule has 5 rings (SSSR count). The number of hydrogen-bond donors (Lipinski definition) is 1. The Bertz CT molecular complexity index is 1370. The maximum Gasteiger partial charge on any atom is 0.433 e. The molecule has 3 atom stereocenters. The highest BCUT2D eigenvalue weighted by Crippen LogP contribution is 2.67. The minimum Gasteiger partial charge on any atom is -0.481 e. The molecule has 2 heterocycles. The molecule has 3 aliphatic carbocycles. The molecule has 0 aliphatic heterocycles. The molecule has 3 saturated carbocycles. The van der Waals surface area contributed by atoms with Gasteiger partial charge in [-0.15, -0.1) is 0 Å². The number of carboxylic acid groups (broad SMARTS) is 1. The molecule has 0 unspecified atom stereocenters. The van der Waals surface area contributed by atoms with Crippen molar-refractivity contribution in [2.24, 2.45) is 22.7 Å². The van der Waals surface area contributed by atoms with Crippen molar-refractivity contribution >= 4 is 29.3 Å². The largest absolute Gasteiger partial charge is 0.481 e. The number of aromatic nitrogens is 3. The van der Waals surface area contributed by atoms with Crippen LogP contribution in [0.15, 0.2) is 18.6 Å². The summed E-state index contributed by atoms with van der Waals surface area (Å²) in [5.74, 6) is -3.33. The van der Waals surface area contributed by atoms with E-state index in [1.165, 1.54) is 0 Å². The number of Topliss-reactive ketones (excluding diaryl/α,β-unsaturated/α-hetero) is 1. The summed E-state index contributed by atoms with van der Waals surface area (Å²) in [5.41, 5.74) is -3.40. The van der Waals surface area contributed by atoms with Crippen LogP contribution in [0.4, 0.5) is 17.6 Å². The molecule has 0 aromatic carbocycles. The van der Waals surface area contributed by atoms with E-state index in [1.54, 1.807) is 6.92 Å². The molecule has 0 spiro atoms. The monoisotopic (exact) mass is 598 g/mol. The summed E-state index contributed by atoms with van der Waals surface area (Å²) in [6.45, 7) is 5.09. The van der Waals surface area contributed by atoms with Gasteiger partial charge in [0.2, 0.25) is 0 Å². The maximum absolute atomic E-state index is 14.5. The van der Waals surface area contributed by atoms with Crippen molar-refractivity contribution in [3.05, 3.63) is 46.3 Å². The third kappa shape index (κ3) is 5.12. The molecule has 2 aromatic rings. The molecule has 222 valence electrons. The number of halogens is 5. The normalized spacial score (nSPS) is 28.7. The van der Waals surface area contributed by atoms with Crippen LogP contribution in [0.2, 0.25) is 5.02 Å². The molecule has 0 radical (unpaired) electrons. The Balaban J connectivity index is 1.48. The van der Waals surface area contributed by atoms with Crippen molar-refractivity contribution in [2.45, 2.75) is 77.6 Å². The lowest BCUT2D eigenvalue weighted by atomic mass is 9.74. The zero-order valence-corrected chi connectivity index (χ0v) is 23.6. The van der Waals surface area contributed by atoms with Gasteiger partial charge in [-0.3, -0.25) is 24.0 Å². The van der Waals surface area contributed by atoms with Crippen molar-refractivity contribution in [2.75, 3.05) is 6.54 Å². The first-order valence-electron chi connectivity index (χ1n) is 13.6. The zero-order valence-electron chi connectivity index (χ0n) is 22.8. The Morgan fingerprint density at radius 1 is 1.10 bits per heavy atom. The molecular formula is C28H31ClF4N4O4. The second-order valence-corrected chi connectivity index (χ2v) is 12.8. The number of ketones is 1. The first-order valence-corrected chi connectivity index (χ1v) is 14.0. The van der Waals surface area contributed by atoms with Crippen molar-refractivity contribution in [3.8, 4) is 0 Å². The van der Waals surface area contributed by atoms with Crippen LogP contribution in [0.3, 0.4) is 0 Å².